The Hall–Kier alpha value is -2.04. The lowest BCUT2D eigenvalue weighted by molar-refractivity contribution is -0.117. The van der Waals surface area contributed by atoms with E-state index in [9.17, 15) is 9.59 Å². The summed E-state index contributed by atoms with van der Waals surface area (Å²) in [4.78, 5) is 22.3. The zero-order valence-corrected chi connectivity index (χ0v) is 9.33. The normalized spacial score (nSPS) is 9.62. The van der Waals surface area contributed by atoms with Crippen molar-refractivity contribution >= 4 is 17.5 Å². The summed E-state index contributed by atoms with van der Waals surface area (Å²) in [5.74, 6) is -0.876. The van der Waals surface area contributed by atoms with Crippen LogP contribution in [0, 0.1) is 6.92 Å². The molecule has 5 heteroatoms. The molecule has 0 bridgehead atoms. The molecule has 0 aromatic heterocycles. The summed E-state index contributed by atoms with van der Waals surface area (Å²) >= 11 is 0. The van der Waals surface area contributed by atoms with E-state index in [-0.39, 0.29) is 12.5 Å². The molecular formula is C11H15N3O2. The van der Waals surface area contributed by atoms with Gasteiger partial charge < -0.3 is 16.4 Å². The van der Waals surface area contributed by atoms with Gasteiger partial charge in [-0.1, -0.05) is 11.6 Å². The van der Waals surface area contributed by atoms with Crippen molar-refractivity contribution in [1.29, 1.82) is 0 Å². The Morgan fingerprint density at radius 3 is 2.62 bits per heavy atom. The maximum absolute atomic E-state index is 11.7. The molecule has 0 atom stereocenters. The lowest BCUT2D eigenvalue weighted by Gasteiger charge is -2.09. The fourth-order valence-electron chi connectivity index (χ4n) is 1.33. The Morgan fingerprint density at radius 1 is 1.38 bits per heavy atom. The van der Waals surface area contributed by atoms with E-state index in [1.807, 2.05) is 19.1 Å². The molecule has 16 heavy (non-hydrogen) atoms. The molecule has 0 radical (unpaired) electrons. The van der Waals surface area contributed by atoms with Crippen LogP contribution in [0.2, 0.25) is 0 Å². The van der Waals surface area contributed by atoms with Gasteiger partial charge in [0, 0.05) is 12.7 Å². The summed E-state index contributed by atoms with van der Waals surface area (Å²) in [5, 5.41) is 5.36. The number of hydrogen-bond donors (Lipinski definition) is 3. The van der Waals surface area contributed by atoms with Gasteiger partial charge in [0.1, 0.15) is 0 Å². The van der Waals surface area contributed by atoms with Crippen molar-refractivity contribution in [2.75, 3.05) is 18.9 Å². The highest BCUT2D eigenvalue weighted by Crippen LogP contribution is 2.16. The first-order valence-electron chi connectivity index (χ1n) is 4.89. The number of primary amides is 1. The molecule has 1 rings (SSSR count). The number of nitrogens with one attached hydrogen (secondary N) is 2. The van der Waals surface area contributed by atoms with Crippen LogP contribution >= 0.6 is 0 Å². The van der Waals surface area contributed by atoms with Crippen molar-refractivity contribution in [3.05, 3.63) is 29.3 Å². The van der Waals surface area contributed by atoms with E-state index in [0.29, 0.717) is 11.3 Å². The Labute approximate surface area is 94.0 Å². The predicted molar refractivity (Wildman–Crippen MR) is 62.3 cm³/mol. The highest BCUT2D eigenvalue weighted by molar-refractivity contribution is 6.01. The first-order chi connectivity index (χ1) is 7.54. The van der Waals surface area contributed by atoms with Gasteiger partial charge in [-0.15, -0.1) is 0 Å². The van der Waals surface area contributed by atoms with Gasteiger partial charge in [-0.25, -0.2) is 0 Å². The first kappa shape index (κ1) is 12.0. The highest BCUT2D eigenvalue weighted by Gasteiger charge is 2.11. The molecule has 1 aromatic rings. The summed E-state index contributed by atoms with van der Waals surface area (Å²) in [6.07, 6.45) is 0. The Morgan fingerprint density at radius 2 is 2.06 bits per heavy atom. The van der Waals surface area contributed by atoms with Gasteiger partial charge in [-0.2, -0.15) is 0 Å². The molecular weight excluding hydrogens is 206 g/mol. The van der Waals surface area contributed by atoms with E-state index in [1.54, 1.807) is 13.1 Å². The summed E-state index contributed by atoms with van der Waals surface area (Å²) in [6, 6.07) is 5.47. The zero-order chi connectivity index (χ0) is 12.1. The van der Waals surface area contributed by atoms with Gasteiger partial charge >= 0.3 is 0 Å². The molecule has 2 amide bonds. The van der Waals surface area contributed by atoms with E-state index in [2.05, 4.69) is 10.6 Å². The van der Waals surface area contributed by atoms with Gasteiger partial charge in [0.2, 0.25) is 5.91 Å². The standard InChI is InChI=1S/C11H15N3O2/c1-7-3-4-9(13-2)8(5-7)11(16)14-6-10(12)15/h3-5,13H,6H2,1-2H3,(H2,12,15)(H,14,16). The van der Waals surface area contributed by atoms with Crippen LogP contribution in [0.5, 0.6) is 0 Å². The molecule has 0 aliphatic carbocycles. The second-order valence-corrected chi connectivity index (χ2v) is 3.45. The molecule has 1 aromatic carbocycles. The fourth-order valence-corrected chi connectivity index (χ4v) is 1.33. The second kappa shape index (κ2) is 5.16. The van der Waals surface area contributed by atoms with Crippen LogP contribution in [0.1, 0.15) is 15.9 Å². The van der Waals surface area contributed by atoms with Crippen molar-refractivity contribution in [2.45, 2.75) is 6.92 Å². The third-order valence-electron chi connectivity index (χ3n) is 2.11. The number of carbonyl (C=O) groups is 2. The van der Waals surface area contributed by atoms with Crippen molar-refractivity contribution in [3.63, 3.8) is 0 Å². The number of hydrogen-bond acceptors (Lipinski definition) is 3. The number of amides is 2. The molecule has 0 fully saturated rings. The highest BCUT2D eigenvalue weighted by atomic mass is 16.2. The van der Waals surface area contributed by atoms with Gasteiger partial charge in [-0.3, -0.25) is 9.59 Å². The number of nitrogens with two attached hydrogens (primary N) is 1. The van der Waals surface area contributed by atoms with Crippen LogP contribution in [0.15, 0.2) is 18.2 Å². The first-order valence-corrected chi connectivity index (χ1v) is 4.89. The molecule has 0 saturated heterocycles. The molecule has 0 unspecified atom stereocenters. The van der Waals surface area contributed by atoms with Crippen molar-refractivity contribution in [2.24, 2.45) is 5.73 Å². The molecule has 0 saturated carbocycles. The largest absolute Gasteiger partial charge is 0.387 e. The molecule has 86 valence electrons. The maximum atomic E-state index is 11.7. The molecule has 4 N–H and O–H groups in total. The Balaban J connectivity index is 2.88. The molecule has 5 nitrogen and oxygen atoms in total. The minimum absolute atomic E-state index is 0.157. The Bertz CT molecular complexity index is 416. The van der Waals surface area contributed by atoms with Crippen molar-refractivity contribution in [3.8, 4) is 0 Å². The smallest absolute Gasteiger partial charge is 0.253 e. The SMILES string of the molecule is CNc1ccc(C)cc1C(=O)NCC(N)=O. The summed E-state index contributed by atoms with van der Waals surface area (Å²) in [5.41, 5.74) is 7.14. The average molecular weight is 221 g/mol. The predicted octanol–water partition coefficient (Wildman–Crippen LogP) is 0.252. The molecule has 0 aliphatic heterocycles. The number of benzene rings is 1. The van der Waals surface area contributed by atoms with Crippen molar-refractivity contribution in [1.82, 2.24) is 5.32 Å². The lowest BCUT2D eigenvalue weighted by atomic mass is 10.1. The minimum atomic E-state index is -0.563. The van der Waals surface area contributed by atoms with Crippen LogP contribution in [0.3, 0.4) is 0 Å². The topological polar surface area (TPSA) is 84.2 Å². The Kier molecular flexibility index (Phi) is 3.88. The summed E-state index contributed by atoms with van der Waals surface area (Å²) in [7, 11) is 1.73. The number of rotatable bonds is 4. The quantitative estimate of drug-likeness (QED) is 0.681. The second-order valence-electron chi connectivity index (χ2n) is 3.45. The van der Waals surface area contributed by atoms with Crippen LogP contribution < -0.4 is 16.4 Å². The minimum Gasteiger partial charge on any atom is -0.387 e. The van der Waals surface area contributed by atoms with Gasteiger partial charge in [0.15, 0.2) is 0 Å². The van der Waals surface area contributed by atoms with E-state index in [4.69, 9.17) is 5.73 Å². The van der Waals surface area contributed by atoms with Gasteiger partial charge in [-0.05, 0) is 19.1 Å². The third-order valence-corrected chi connectivity index (χ3v) is 2.11. The van der Waals surface area contributed by atoms with Crippen LogP contribution in [0.4, 0.5) is 5.69 Å². The van der Waals surface area contributed by atoms with Gasteiger partial charge in [0.25, 0.3) is 5.91 Å². The monoisotopic (exact) mass is 221 g/mol. The van der Waals surface area contributed by atoms with Crippen LogP contribution in [-0.2, 0) is 4.79 Å². The van der Waals surface area contributed by atoms with Crippen LogP contribution in [-0.4, -0.2) is 25.4 Å². The number of anilines is 1. The number of aryl methyl sites for hydroxylation is 1. The molecule has 0 heterocycles. The van der Waals surface area contributed by atoms with E-state index < -0.39 is 5.91 Å². The lowest BCUT2D eigenvalue weighted by Crippen LogP contribution is -2.33. The maximum Gasteiger partial charge on any atom is 0.253 e. The van der Waals surface area contributed by atoms with E-state index in [1.165, 1.54) is 0 Å². The third kappa shape index (κ3) is 2.98. The zero-order valence-electron chi connectivity index (χ0n) is 9.33. The fraction of sp³-hybridized carbons (Fsp3) is 0.273. The molecule has 0 aliphatic rings. The van der Waals surface area contributed by atoms with E-state index >= 15 is 0 Å². The summed E-state index contributed by atoms with van der Waals surface area (Å²) < 4.78 is 0. The molecule has 0 spiro atoms. The average Bonchev–Trinajstić information content (AvgIpc) is 2.25. The van der Waals surface area contributed by atoms with E-state index in [0.717, 1.165) is 5.56 Å². The number of carbonyl (C=O) groups excluding carboxylic acids is 2. The summed E-state index contributed by atoms with van der Waals surface area (Å²) in [6.45, 7) is 1.74. The van der Waals surface area contributed by atoms with Crippen molar-refractivity contribution < 1.29 is 9.59 Å². The van der Waals surface area contributed by atoms with Crippen LogP contribution in [0.25, 0.3) is 0 Å². The van der Waals surface area contributed by atoms with Gasteiger partial charge in [0.05, 0.1) is 12.1 Å².